The second-order valence-electron chi connectivity index (χ2n) is 6.33. The summed E-state index contributed by atoms with van der Waals surface area (Å²) in [7, 11) is 1.70. The van der Waals surface area contributed by atoms with Crippen LogP contribution in [0.25, 0.3) is 10.8 Å². The number of ether oxygens (including phenoxy) is 1. The fourth-order valence-corrected chi connectivity index (χ4v) is 3.32. The monoisotopic (exact) mass is 299 g/mol. The van der Waals surface area contributed by atoms with Crippen molar-refractivity contribution in [3.63, 3.8) is 0 Å². The van der Waals surface area contributed by atoms with Crippen molar-refractivity contribution in [2.45, 2.75) is 38.3 Å². The fraction of sp³-hybridized carbons (Fsp3) is 0.474. The molecule has 0 bridgehead atoms. The van der Waals surface area contributed by atoms with Crippen LogP contribution in [0.5, 0.6) is 5.75 Å². The molecule has 0 amide bonds. The fourth-order valence-electron chi connectivity index (χ4n) is 3.32. The van der Waals surface area contributed by atoms with E-state index in [1.54, 1.807) is 7.11 Å². The maximum absolute atomic E-state index is 9.19. The van der Waals surface area contributed by atoms with Gasteiger partial charge in [-0.25, -0.2) is 0 Å². The van der Waals surface area contributed by atoms with Crippen LogP contribution in [-0.2, 0) is 6.54 Å². The summed E-state index contributed by atoms with van der Waals surface area (Å²) < 4.78 is 5.27. The van der Waals surface area contributed by atoms with Crippen LogP contribution in [0.3, 0.4) is 0 Å². The second kappa shape index (κ2) is 7.12. The molecule has 0 aliphatic heterocycles. The third-order valence-electron chi connectivity index (χ3n) is 4.81. The number of nitrogens with one attached hydrogen (secondary N) is 1. The lowest BCUT2D eigenvalue weighted by atomic mass is 9.86. The molecule has 2 aromatic carbocycles. The van der Waals surface area contributed by atoms with E-state index in [9.17, 15) is 5.11 Å². The van der Waals surface area contributed by atoms with E-state index in [0.717, 1.165) is 25.1 Å². The topological polar surface area (TPSA) is 41.5 Å². The Hall–Kier alpha value is -1.58. The Balaban J connectivity index is 1.60. The molecule has 0 atom stereocenters. The molecule has 1 aliphatic carbocycles. The van der Waals surface area contributed by atoms with Crippen molar-refractivity contribution in [3.05, 3.63) is 42.0 Å². The first kappa shape index (κ1) is 15.3. The lowest BCUT2D eigenvalue weighted by molar-refractivity contribution is 0.175. The quantitative estimate of drug-likeness (QED) is 0.888. The van der Waals surface area contributed by atoms with Gasteiger partial charge in [0.15, 0.2) is 0 Å². The van der Waals surface area contributed by atoms with Crippen molar-refractivity contribution >= 4 is 10.8 Å². The van der Waals surface area contributed by atoms with Crippen molar-refractivity contribution in [3.8, 4) is 5.75 Å². The number of fused-ring (bicyclic) bond motifs is 1. The highest BCUT2D eigenvalue weighted by atomic mass is 16.5. The molecule has 22 heavy (non-hydrogen) atoms. The van der Waals surface area contributed by atoms with Gasteiger partial charge in [-0.15, -0.1) is 0 Å². The van der Waals surface area contributed by atoms with E-state index in [-0.39, 0.29) is 0 Å². The van der Waals surface area contributed by atoms with Crippen LogP contribution in [0.4, 0.5) is 0 Å². The first-order valence-electron chi connectivity index (χ1n) is 8.19. The molecule has 2 N–H and O–H groups in total. The summed E-state index contributed by atoms with van der Waals surface area (Å²) in [5.41, 5.74) is 1.32. The molecule has 0 radical (unpaired) electrons. The van der Waals surface area contributed by atoms with Gasteiger partial charge in [-0.2, -0.15) is 0 Å². The van der Waals surface area contributed by atoms with Crippen molar-refractivity contribution < 1.29 is 9.84 Å². The Morgan fingerprint density at radius 2 is 1.77 bits per heavy atom. The van der Waals surface area contributed by atoms with Crippen LogP contribution in [0.1, 0.15) is 31.2 Å². The summed E-state index contributed by atoms with van der Waals surface area (Å²) in [6.07, 6.45) is 4.64. The van der Waals surface area contributed by atoms with Gasteiger partial charge in [-0.1, -0.05) is 18.2 Å². The zero-order valence-corrected chi connectivity index (χ0v) is 13.2. The molecule has 1 fully saturated rings. The van der Waals surface area contributed by atoms with Gasteiger partial charge in [0, 0.05) is 19.2 Å². The van der Waals surface area contributed by atoms with Gasteiger partial charge in [0.25, 0.3) is 0 Å². The van der Waals surface area contributed by atoms with Gasteiger partial charge in [-0.3, -0.25) is 0 Å². The molecular formula is C19H25NO2. The number of hydrogen-bond donors (Lipinski definition) is 2. The molecule has 1 aliphatic rings. The minimum absolute atomic E-state index is 0.348. The van der Waals surface area contributed by atoms with Crippen LogP contribution in [0.15, 0.2) is 36.4 Å². The van der Waals surface area contributed by atoms with Crippen LogP contribution < -0.4 is 10.1 Å². The highest BCUT2D eigenvalue weighted by Gasteiger charge is 2.19. The summed E-state index contributed by atoms with van der Waals surface area (Å²) in [5.74, 6) is 1.42. The maximum atomic E-state index is 9.19. The van der Waals surface area contributed by atoms with E-state index >= 15 is 0 Å². The molecule has 3 nitrogen and oxygen atoms in total. The molecular weight excluding hydrogens is 274 g/mol. The molecule has 1 saturated carbocycles. The Morgan fingerprint density at radius 1 is 1.05 bits per heavy atom. The normalized spacial score (nSPS) is 21.9. The van der Waals surface area contributed by atoms with Crippen molar-refractivity contribution in [1.82, 2.24) is 5.32 Å². The van der Waals surface area contributed by atoms with E-state index in [2.05, 4.69) is 35.6 Å². The number of aliphatic hydroxyl groups excluding tert-OH is 1. The van der Waals surface area contributed by atoms with E-state index < -0.39 is 0 Å². The van der Waals surface area contributed by atoms with Gasteiger partial charge in [0.1, 0.15) is 5.75 Å². The molecule has 0 aromatic heterocycles. The molecule has 2 aromatic rings. The lowest BCUT2D eigenvalue weighted by Crippen LogP contribution is -2.33. The molecule has 118 valence electrons. The SMILES string of the molecule is COc1ccc2cc(CNC3CCC(CO)CC3)ccc2c1. The lowest BCUT2D eigenvalue weighted by Gasteiger charge is -2.28. The Morgan fingerprint density at radius 3 is 2.50 bits per heavy atom. The highest BCUT2D eigenvalue weighted by molar-refractivity contribution is 5.84. The largest absolute Gasteiger partial charge is 0.497 e. The minimum Gasteiger partial charge on any atom is -0.497 e. The summed E-state index contributed by atoms with van der Waals surface area (Å²) in [4.78, 5) is 0. The predicted octanol–water partition coefficient (Wildman–Crippen LogP) is 3.49. The van der Waals surface area contributed by atoms with E-state index in [1.165, 1.54) is 29.2 Å². The third kappa shape index (κ3) is 3.60. The van der Waals surface area contributed by atoms with E-state index in [4.69, 9.17) is 4.74 Å². The van der Waals surface area contributed by atoms with Gasteiger partial charge < -0.3 is 15.2 Å². The number of hydrogen-bond acceptors (Lipinski definition) is 3. The zero-order valence-electron chi connectivity index (χ0n) is 13.2. The number of aliphatic hydroxyl groups is 1. The van der Waals surface area contributed by atoms with Crippen molar-refractivity contribution in [2.75, 3.05) is 13.7 Å². The zero-order chi connectivity index (χ0) is 15.4. The Bertz CT molecular complexity index is 618. The van der Waals surface area contributed by atoms with E-state index in [1.807, 2.05) is 6.07 Å². The van der Waals surface area contributed by atoms with Gasteiger partial charge in [0.2, 0.25) is 0 Å². The van der Waals surface area contributed by atoms with Gasteiger partial charge in [-0.05, 0) is 66.1 Å². The number of methoxy groups -OCH3 is 1. The second-order valence-corrected chi connectivity index (χ2v) is 6.33. The summed E-state index contributed by atoms with van der Waals surface area (Å²) in [5, 5.41) is 15.3. The molecule has 3 heteroatoms. The summed E-state index contributed by atoms with van der Waals surface area (Å²) in [6, 6.07) is 13.4. The van der Waals surface area contributed by atoms with Crippen LogP contribution >= 0.6 is 0 Å². The average molecular weight is 299 g/mol. The Labute approximate surface area is 132 Å². The smallest absolute Gasteiger partial charge is 0.119 e. The standard InChI is InChI=1S/C19H25NO2/c1-22-19-9-6-16-10-15(2-5-17(16)11-19)12-20-18-7-3-14(13-21)4-8-18/h2,5-6,9-11,14,18,20-21H,3-4,7-8,12-13H2,1H3. The number of rotatable bonds is 5. The van der Waals surface area contributed by atoms with Crippen LogP contribution in [0, 0.1) is 5.92 Å². The molecule has 0 unspecified atom stereocenters. The maximum Gasteiger partial charge on any atom is 0.119 e. The average Bonchev–Trinajstić information content (AvgIpc) is 2.59. The summed E-state index contributed by atoms with van der Waals surface area (Å²) in [6.45, 7) is 1.26. The molecule has 0 heterocycles. The first-order chi connectivity index (χ1) is 10.8. The predicted molar refractivity (Wildman–Crippen MR) is 90.2 cm³/mol. The first-order valence-corrected chi connectivity index (χ1v) is 8.19. The Kier molecular flexibility index (Phi) is 4.96. The van der Waals surface area contributed by atoms with Crippen molar-refractivity contribution in [2.24, 2.45) is 5.92 Å². The highest BCUT2D eigenvalue weighted by Crippen LogP contribution is 2.25. The van der Waals surface area contributed by atoms with Crippen LogP contribution in [-0.4, -0.2) is 24.9 Å². The summed E-state index contributed by atoms with van der Waals surface area (Å²) >= 11 is 0. The molecule has 3 rings (SSSR count). The molecule has 0 spiro atoms. The van der Waals surface area contributed by atoms with E-state index in [0.29, 0.717) is 18.6 Å². The van der Waals surface area contributed by atoms with Gasteiger partial charge >= 0.3 is 0 Å². The van der Waals surface area contributed by atoms with Crippen LogP contribution in [0.2, 0.25) is 0 Å². The minimum atomic E-state index is 0.348. The number of benzene rings is 2. The van der Waals surface area contributed by atoms with Gasteiger partial charge in [0.05, 0.1) is 7.11 Å². The third-order valence-corrected chi connectivity index (χ3v) is 4.81. The van der Waals surface area contributed by atoms with Crippen molar-refractivity contribution in [1.29, 1.82) is 0 Å². The molecule has 0 saturated heterocycles.